The highest BCUT2D eigenvalue weighted by Gasteiger charge is 2.34. The van der Waals surface area contributed by atoms with Crippen molar-refractivity contribution < 1.29 is 0 Å². The molecule has 336 valence electrons. The molecule has 2 nitrogen and oxygen atoms in total. The Morgan fingerprint density at radius 1 is 0.319 bits per heavy atom. The molecule has 0 saturated heterocycles. The van der Waals surface area contributed by atoms with E-state index in [9.17, 15) is 0 Å². The van der Waals surface area contributed by atoms with E-state index in [1.54, 1.807) is 0 Å². The highest BCUT2D eigenvalue weighted by atomic mass is 15.1. The van der Waals surface area contributed by atoms with Gasteiger partial charge in [-0.15, -0.1) is 0 Å². The summed E-state index contributed by atoms with van der Waals surface area (Å²) in [6, 6.07) is 90.2. The second-order valence-electron chi connectivity index (χ2n) is 20.3. The monoisotopic (exact) mass is 914 g/mol. The van der Waals surface area contributed by atoms with Gasteiger partial charge in [-0.1, -0.05) is 196 Å². The predicted molar refractivity (Wildman–Crippen MR) is 305 cm³/mol. The number of para-hydroxylation sites is 3. The van der Waals surface area contributed by atoms with Gasteiger partial charge < -0.3 is 0 Å². The van der Waals surface area contributed by atoms with Gasteiger partial charge in [0, 0.05) is 16.7 Å². The van der Waals surface area contributed by atoms with E-state index in [1.165, 1.54) is 115 Å². The normalized spacial score (nSPS) is 13.0. The van der Waals surface area contributed by atoms with Gasteiger partial charge in [0.2, 0.25) is 0 Å². The summed E-state index contributed by atoms with van der Waals surface area (Å²) in [5, 5.41) is 15.3. The summed E-state index contributed by atoms with van der Waals surface area (Å²) in [5.74, 6) is 0.927. The van der Waals surface area contributed by atoms with Crippen LogP contribution in [0, 0.1) is 0 Å². The molecule has 0 radical (unpaired) electrons. The van der Waals surface area contributed by atoms with Gasteiger partial charge in [0.05, 0.1) is 11.0 Å². The van der Waals surface area contributed by atoms with Crippen LogP contribution in [0.3, 0.4) is 0 Å². The molecule has 14 aromatic rings. The first kappa shape index (κ1) is 40.7. The molecule has 15 rings (SSSR count). The molecule has 0 unspecified atom stereocenters. The maximum Gasteiger partial charge on any atom is 0.145 e. The topological polar surface area (TPSA) is 17.8 Å². The first-order valence-electron chi connectivity index (χ1n) is 25.1. The Morgan fingerprint density at radius 2 is 0.819 bits per heavy atom. The lowest BCUT2D eigenvalue weighted by atomic mass is 9.80. The van der Waals surface area contributed by atoms with Crippen LogP contribution in [0.5, 0.6) is 0 Å². The van der Waals surface area contributed by atoms with Crippen LogP contribution >= 0.6 is 0 Å². The largest absolute Gasteiger partial charge is 0.292 e. The molecular weight excluding hydrogens is 869 g/mol. The SMILES string of the molecule is CC1(C)c2cccc3ccc4cc(-c5ccc6c(-c7ccc8ccccc8c7)c7cc(-c8ccc(-c9nc%10ccccc%10n9-c9ccccc9)cc8)ccc7c(-c7ccc8ccccc8c7)c6c5)cc1c4c23. The number of rotatable bonds is 6. The zero-order valence-corrected chi connectivity index (χ0v) is 40.0. The molecule has 1 aromatic heterocycles. The van der Waals surface area contributed by atoms with E-state index in [0.29, 0.717) is 0 Å². The summed E-state index contributed by atoms with van der Waals surface area (Å²) in [4.78, 5) is 5.18. The number of imidazole rings is 1. The van der Waals surface area contributed by atoms with Gasteiger partial charge in [0.1, 0.15) is 5.82 Å². The van der Waals surface area contributed by atoms with E-state index in [2.05, 4.69) is 261 Å². The van der Waals surface area contributed by atoms with Crippen LogP contribution < -0.4 is 0 Å². The Hall–Kier alpha value is -9.11. The fraction of sp³-hybridized carbons (Fsp3) is 0.0429. The smallest absolute Gasteiger partial charge is 0.145 e. The summed E-state index contributed by atoms with van der Waals surface area (Å²) >= 11 is 0. The Bertz CT molecular complexity index is 4570. The molecule has 0 saturated carbocycles. The molecule has 0 spiro atoms. The number of aromatic nitrogens is 2. The van der Waals surface area contributed by atoms with E-state index in [0.717, 1.165) is 33.7 Å². The maximum absolute atomic E-state index is 5.18. The third-order valence-electron chi connectivity index (χ3n) is 15.9. The number of hydrogen-bond acceptors (Lipinski definition) is 1. The fourth-order valence-electron chi connectivity index (χ4n) is 12.3. The Labute approximate surface area is 417 Å². The van der Waals surface area contributed by atoms with E-state index in [1.807, 2.05) is 0 Å². The van der Waals surface area contributed by atoms with Crippen molar-refractivity contribution >= 4 is 75.7 Å². The van der Waals surface area contributed by atoms with Crippen LogP contribution in [0.1, 0.15) is 25.0 Å². The van der Waals surface area contributed by atoms with Crippen molar-refractivity contribution in [2.75, 3.05) is 0 Å². The van der Waals surface area contributed by atoms with Gasteiger partial charge in [-0.25, -0.2) is 4.98 Å². The lowest BCUT2D eigenvalue weighted by Crippen LogP contribution is -2.15. The van der Waals surface area contributed by atoms with E-state index < -0.39 is 0 Å². The van der Waals surface area contributed by atoms with Gasteiger partial charge in [-0.05, 0) is 181 Å². The van der Waals surface area contributed by atoms with Crippen molar-refractivity contribution in [1.29, 1.82) is 0 Å². The summed E-state index contributed by atoms with van der Waals surface area (Å²) in [5.41, 5.74) is 16.6. The van der Waals surface area contributed by atoms with Crippen molar-refractivity contribution in [2.45, 2.75) is 19.3 Å². The van der Waals surface area contributed by atoms with Crippen LogP contribution in [0.25, 0.3) is 137 Å². The molecule has 0 aliphatic heterocycles. The van der Waals surface area contributed by atoms with E-state index in [4.69, 9.17) is 4.98 Å². The minimum absolute atomic E-state index is 0.110. The van der Waals surface area contributed by atoms with Crippen LogP contribution in [0.2, 0.25) is 0 Å². The zero-order valence-electron chi connectivity index (χ0n) is 40.0. The van der Waals surface area contributed by atoms with Gasteiger partial charge in [-0.2, -0.15) is 0 Å². The summed E-state index contributed by atoms with van der Waals surface area (Å²) in [7, 11) is 0. The maximum atomic E-state index is 5.18. The predicted octanol–water partition coefficient (Wildman–Crippen LogP) is 18.9. The van der Waals surface area contributed by atoms with Gasteiger partial charge in [0.15, 0.2) is 0 Å². The van der Waals surface area contributed by atoms with Crippen molar-refractivity contribution in [3.63, 3.8) is 0 Å². The minimum atomic E-state index is -0.110. The Kier molecular flexibility index (Phi) is 8.74. The van der Waals surface area contributed by atoms with E-state index in [-0.39, 0.29) is 5.41 Å². The van der Waals surface area contributed by atoms with Gasteiger partial charge in [0.25, 0.3) is 0 Å². The molecule has 13 aromatic carbocycles. The lowest BCUT2D eigenvalue weighted by Gasteiger charge is -2.23. The van der Waals surface area contributed by atoms with Crippen molar-refractivity contribution in [3.05, 3.63) is 254 Å². The van der Waals surface area contributed by atoms with Gasteiger partial charge >= 0.3 is 0 Å². The highest BCUT2D eigenvalue weighted by Crippen LogP contribution is 2.51. The molecule has 0 N–H and O–H groups in total. The minimum Gasteiger partial charge on any atom is -0.292 e. The number of nitrogens with zero attached hydrogens (tertiary/aromatic N) is 2. The third kappa shape index (κ3) is 6.12. The summed E-state index contributed by atoms with van der Waals surface area (Å²) in [6.07, 6.45) is 0. The molecule has 0 amide bonds. The van der Waals surface area contributed by atoms with Crippen molar-refractivity contribution in [2.24, 2.45) is 0 Å². The van der Waals surface area contributed by atoms with Crippen LogP contribution in [-0.4, -0.2) is 9.55 Å². The third-order valence-corrected chi connectivity index (χ3v) is 15.9. The average molecular weight is 915 g/mol. The quantitative estimate of drug-likeness (QED) is 0.120. The molecule has 0 atom stereocenters. The van der Waals surface area contributed by atoms with Crippen molar-refractivity contribution in [1.82, 2.24) is 9.55 Å². The Balaban J connectivity index is 0.968. The van der Waals surface area contributed by atoms with Crippen LogP contribution in [0.15, 0.2) is 243 Å². The number of hydrogen-bond donors (Lipinski definition) is 0. The summed E-state index contributed by atoms with van der Waals surface area (Å²) < 4.78 is 2.27. The highest BCUT2D eigenvalue weighted by molar-refractivity contribution is 6.23. The van der Waals surface area contributed by atoms with Gasteiger partial charge in [-0.3, -0.25) is 4.57 Å². The second-order valence-corrected chi connectivity index (χ2v) is 20.3. The molecule has 72 heavy (non-hydrogen) atoms. The first-order chi connectivity index (χ1) is 35.4. The molecule has 0 bridgehead atoms. The summed E-state index contributed by atoms with van der Waals surface area (Å²) in [6.45, 7) is 4.79. The molecule has 2 heteroatoms. The second kappa shape index (κ2) is 15.4. The molecule has 0 fully saturated rings. The lowest BCUT2D eigenvalue weighted by molar-refractivity contribution is 0.663. The van der Waals surface area contributed by atoms with Crippen LogP contribution in [0.4, 0.5) is 0 Å². The number of benzene rings is 13. The zero-order chi connectivity index (χ0) is 47.7. The Morgan fingerprint density at radius 3 is 1.50 bits per heavy atom. The standard InChI is InChI=1S/C70H46N2/c1-70(2)61-20-12-17-46-27-32-54-39-55(42-62(70)68(54)67(46)61)51-34-36-58-60(41-51)66(53-31-26-44-14-7-9-16-49(44)38-53)57-35-33-50(40-59(57)65(58)52-30-25-43-13-6-8-15-48(43)37-52)45-23-28-47(29-24-45)69-71-63-21-10-11-22-64(63)72(69)56-18-4-3-5-19-56/h3-42H,1-2H3. The number of fused-ring (bicyclic) bond motifs is 5. The molecule has 1 heterocycles. The first-order valence-corrected chi connectivity index (χ1v) is 25.1. The fourth-order valence-corrected chi connectivity index (χ4v) is 12.3. The molecular formula is C70H46N2. The molecule has 1 aliphatic carbocycles. The van der Waals surface area contributed by atoms with E-state index >= 15 is 0 Å². The average Bonchev–Trinajstić information content (AvgIpc) is 3.94. The molecule has 1 aliphatic rings. The van der Waals surface area contributed by atoms with Crippen LogP contribution in [-0.2, 0) is 5.41 Å². The van der Waals surface area contributed by atoms with Crippen molar-refractivity contribution in [3.8, 4) is 61.6 Å².